The van der Waals surface area contributed by atoms with Gasteiger partial charge in [0.2, 0.25) is 0 Å². The molecule has 127 valence electrons. The molecule has 0 unspecified atom stereocenters. The molecule has 0 aliphatic carbocycles. The van der Waals surface area contributed by atoms with E-state index in [4.69, 9.17) is 5.73 Å². The van der Waals surface area contributed by atoms with Crippen LogP contribution in [-0.2, 0) is 14.1 Å². The van der Waals surface area contributed by atoms with E-state index >= 15 is 0 Å². The summed E-state index contributed by atoms with van der Waals surface area (Å²) in [5.41, 5.74) is 11.3. The first-order valence-electron chi connectivity index (χ1n) is 7.13. The molecule has 0 spiro atoms. The predicted molar refractivity (Wildman–Crippen MR) is 86.5 cm³/mol. The molecule has 0 fully saturated rings. The summed E-state index contributed by atoms with van der Waals surface area (Å²) >= 11 is 0. The number of aromatic nitrogens is 6. The summed E-state index contributed by atoms with van der Waals surface area (Å²) in [5.74, 6) is 0.985. The predicted octanol–water partition coefficient (Wildman–Crippen LogP) is 3.30. The third-order valence-electron chi connectivity index (χ3n) is 3.12. The Morgan fingerprint density at radius 1 is 1.13 bits per heavy atom. The van der Waals surface area contributed by atoms with Crippen LogP contribution in [-0.4, -0.2) is 29.5 Å². The second-order valence-corrected chi connectivity index (χ2v) is 4.68. The minimum Gasteiger partial charge on any atom is -0.482 e. The summed E-state index contributed by atoms with van der Waals surface area (Å²) < 4.78 is 3.62. The molecule has 1 N–H and O–H groups in total. The van der Waals surface area contributed by atoms with E-state index in [-0.39, 0.29) is 5.82 Å². The van der Waals surface area contributed by atoms with Crippen LogP contribution in [0.25, 0.3) is 28.4 Å². The van der Waals surface area contributed by atoms with Crippen molar-refractivity contribution in [3.05, 3.63) is 36.1 Å². The van der Waals surface area contributed by atoms with Crippen LogP contribution in [0, 0.1) is 6.92 Å². The average Bonchev–Trinajstić information content (AvgIpc) is 3.05. The van der Waals surface area contributed by atoms with Gasteiger partial charge in [-0.1, -0.05) is 37.5 Å². The summed E-state index contributed by atoms with van der Waals surface area (Å²) in [4.78, 5) is 4.09. The molecule has 7 nitrogen and oxygen atoms in total. The van der Waals surface area contributed by atoms with E-state index in [0.29, 0.717) is 0 Å². The van der Waals surface area contributed by atoms with Gasteiger partial charge < -0.3 is 15.3 Å². The standard InChI is InChI=1S/C13H14N7.C2H6.Es/c1-8-4-9(5-11(14)17-8)12-10(6-16-20(12)3)13-18-15-7-19(13)2;1-2;/h4-7H,1-3H3,(H-,14,17);1-2H3;/q-1;;. The van der Waals surface area contributed by atoms with Crippen LogP contribution in [0.5, 0.6) is 0 Å². The molecule has 3 aromatic heterocycles. The Balaban J connectivity index is 0.000000849. The van der Waals surface area contributed by atoms with Gasteiger partial charge in [0.1, 0.15) is 6.33 Å². The van der Waals surface area contributed by atoms with Gasteiger partial charge in [0.05, 0.1) is 17.5 Å². The van der Waals surface area contributed by atoms with Gasteiger partial charge in [-0.25, -0.2) is 0 Å². The summed E-state index contributed by atoms with van der Waals surface area (Å²) in [6, 6.07) is 3.67. The maximum Gasteiger partial charge on any atom is 0.167 e. The molecule has 0 aliphatic heterocycles. The normalized spacial score (nSPS) is 9.78. The molecule has 3 aromatic rings. The Bertz CT molecular complexity index is 756. The number of nitrogens with zero attached hydrogens (tertiary/aromatic N) is 6. The number of rotatable bonds is 2. The van der Waals surface area contributed by atoms with E-state index < -0.39 is 0 Å². The maximum absolute atomic E-state index is 7.76. The average molecular weight is 550 g/mol. The molecule has 3 rings (SSSR count). The van der Waals surface area contributed by atoms with Crippen LogP contribution in [0.2, 0.25) is 0 Å². The Kier molecular flexibility index (Phi) is 5.16. The first kappa shape index (κ1) is 17.4. The van der Waals surface area contributed by atoms with Crippen LogP contribution in [0.15, 0.2) is 24.7 Å². The molecule has 0 saturated heterocycles. The third kappa shape index (κ3) is 3.15. The van der Waals surface area contributed by atoms with Gasteiger partial charge in [0.15, 0.2) is 5.82 Å². The smallest absolute Gasteiger partial charge is 0.167 e. The summed E-state index contributed by atoms with van der Waals surface area (Å²) in [6.07, 6.45) is 3.42. The third-order valence-corrected chi connectivity index (χ3v) is 3.12. The first-order chi connectivity index (χ1) is 10.6. The molecule has 3 heterocycles. The quantitative estimate of drug-likeness (QED) is 0.491. The van der Waals surface area contributed by atoms with Gasteiger partial charge in [-0.05, 0) is 6.92 Å². The van der Waals surface area contributed by atoms with Gasteiger partial charge in [0, 0.05) is 19.7 Å². The van der Waals surface area contributed by atoms with Gasteiger partial charge >= 0.3 is 0 Å². The number of nitrogens with one attached hydrogen (secondary N) is 1. The molecule has 0 saturated carbocycles. The molecule has 8 heteroatoms. The molecule has 0 aromatic carbocycles. The Hall–Kier alpha value is -3.70. The molecule has 0 atom stereocenters. The van der Waals surface area contributed by atoms with Gasteiger partial charge in [-0.2, -0.15) is 5.10 Å². The topological polar surface area (TPSA) is 85.2 Å². The number of hydrogen-bond acceptors (Lipinski definition) is 4. The fraction of sp³-hybridized carbons (Fsp3) is 0.333. The molecular formula is C15H20EsN7-. The van der Waals surface area contributed by atoms with Crippen LogP contribution >= 0.6 is 0 Å². The fourth-order valence-electron chi connectivity index (χ4n) is 2.28. The monoisotopic (exact) mass is 550 g/mol. The maximum atomic E-state index is 7.76. The van der Waals surface area contributed by atoms with Crippen molar-refractivity contribution in [3.8, 4) is 22.6 Å². The summed E-state index contributed by atoms with van der Waals surface area (Å²) in [6.45, 7) is 5.87. The van der Waals surface area contributed by atoms with Crippen molar-refractivity contribution >= 4 is 5.82 Å². The second-order valence-electron chi connectivity index (χ2n) is 4.68. The van der Waals surface area contributed by atoms with Gasteiger partial charge in [-0.3, -0.25) is 4.68 Å². The number of aryl methyl sites for hydroxylation is 3. The van der Waals surface area contributed by atoms with E-state index in [9.17, 15) is 0 Å². The minimum atomic E-state index is 0. The first-order valence-corrected chi connectivity index (χ1v) is 7.13. The van der Waals surface area contributed by atoms with Crippen molar-refractivity contribution in [2.24, 2.45) is 14.1 Å². The van der Waals surface area contributed by atoms with E-state index in [1.165, 1.54) is 0 Å². The van der Waals surface area contributed by atoms with Crippen molar-refractivity contribution in [3.63, 3.8) is 0 Å². The van der Waals surface area contributed by atoms with Crippen molar-refractivity contribution < 1.29 is 0 Å². The van der Waals surface area contributed by atoms with Crippen molar-refractivity contribution in [2.75, 3.05) is 0 Å². The zero-order valence-corrected chi connectivity index (χ0v) is 16.3. The molecular weight excluding hydrogens is 530 g/mol. The summed E-state index contributed by atoms with van der Waals surface area (Å²) in [5, 5.41) is 12.3. The Labute approximate surface area is 129 Å². The SMILES string of the molecule is CC.Cc1cc(-c2c(-c3nncn3C)cnn2C)cc([NH-])n1.[Es]. The van der Waals surface area contributed by atoms with Crippen LogP contribution < -0.4 is 0 Å². The van der Waals surface area contributed by atoms with Gasteiger partial charge in [-0.15, -0.1) is 10.2 Å². The summed E-state index contributed by atoms with van der Waals surface area (Å²) in [7, 11) is 3.76. The van der Waals surface area contributed by atoms with Crippen LogP contribution in [0.1, 0.15) is 19.5 Å². The molecule has 23 heavy (non-hydrogen) atoms. The van der Waals surface area contributed by atoms with E-state index in [0.717, 1.165) is 28.3 Å². The molecule has 1 radical (unpaired) electrons. The van der Waals surface area contributed by atoms with Crippen LogP contribution in [0.3, 0.4) is 0 Å². The van der Waals surface area contributed by atoms with Crippen molar-refractivity contribution in [1.29, 1.82) is 0 Å². The van der Waals surface area contributed by atoms with Crippen molar-refractivity contribution in [2.45, 2.75) is 20.8 Å². The van der Waals surface area contributed by atoms with Crippen molar-refractivity contribution in [1.82, 2.24) is 29.5 Å². The van der Waals surface area contributed by atoms with E-state index in [1.54, 1.807) is 23.3 Å². The fourth-order valence-corrected chi connectivity index (χ4v) is 2.28. The molecule has 0 amide bonds. The minimum absolute atomic E-state index is 0. The number of pyridine rings is 1. The largest absolute Gasteiger partial charge is 0.482 e. The Morgan fingerprint density at radius 2 is 1.83 bits per heavy atom. The zero-order chi connectivity index (χ0) is 16.3. The zero-order valence-electron chi connectivity index (χ0n) is 13.8. The van der Waals surface area contributed by atoms with Crippen LogP contribution in [0.4, 0.5) is 5.82 Å². The molecule has 0 aliphatic rings. The van der Waals surface area contributed by atoms with Gasteiger partial charge in [0.25, 0.3) is 0 Å². The van der Waals surface area contributed by atoms with E-state index in [1.807, 2.05) is 45.5 Å². The second kappa shape index (κ2) is 6.84. The number of hydrogen-bond donors (Lipinski definition) is 0. The van der Waals surface area contributed by atoms with E-state index in [2.05, 4.69) is 20.3 Å². The Morgan fingerprint density at radius 3 is 2.39 bits per heavy atom. The molecule has 0 bridgehead atoms.